The maximum Gasteiger partial charge on any atom is 0.255 e. The highest BCUT2D eigenvalue weighted by atomic mass is 19.3. The van der Waals surface area contributed by atoms with Crippen LogP contribution in [0.25, 0.3) is 16.5 Å². The monoisotopic (exact) mass is 566 g/mol. The third kappa shape index (κ3) is 5.14. The Labute approximate surface area is 235 Å². The zero-order chi connectivity index (χ0) is 29.1. The van der Waals surface area contributed by atoms with Crippen LogP contribution >= 0.6 is 0 Å². The quantitative estimate of drug-likeness (QED) is 0.330. The number of nitrogens with one attached hydrogen (secondary N) is 1. The van der Waals surface area contributed by atoms with Crippen LogP contribution in [0.4, 0.5) is 8.78 Å². The number of aliphatic hydroxyl groups is 1. The first-order chi connectivity index (χ1) is 19.4. The number of ether oxygens (including phenoxy) is 1. The van der Waals surface area contributed by atoms with Gasteiger partial charge in [-0.25, -0.2) is 13.3 Å². The maximum absolute atomic E-state index is 13.5. The number of hydrogen-bond donors (Lipinski definition) is 2. The largest absolute Gasteiger partial charge is 0.460 e. The van der Waals surface area contributed by atoms with E-state index in [1.54, 1.807) is 59.9 Å². The summed E-state index contributed by atoms with van der Waals surface area (Å²) in [6.45, 7) is 6.19. The van der Waals surface area contributed by atoms with Crippen LogP contribution in [0.2, 0.25) is 0 Å². The fourth-order valence-electron chi connectivity index (χ4n) is 6.02. The number of nitrogens with zero attached hydrogens (tertiary/aromatic N) is 3. The third-order valence-electron chi connectivity index (χ3n) is 8.21. The van der Waals surface area contributed by atoms with Crippen LogP contribution in [0.1, 0.15) is 64.6 Å². The fourth-order valence-corrected chi connectivity index (χ4v) is 6.02. The molecule has 11 heteroatoms. The maximum atomic E-state index is 13.5. The summed E-state index contributed by atoms with van der Waals surface area (Å²) in [5.41, 5.74) is 1.75. The number of carbonyl (C=O) groups is 2. The molecule has 41 heavy (non-hydrogen) atoms. The number of aryl methyl sites for hydroxylation is 2. The summed E-state index contributed by atoms with van der Waals surface area (Å²) in [4.78, 5) is 27.8. The Morgan fingerprint density at radius 1 is 1.24 bits per heavy atom. The summed E-state index contributed by atoms with van der Waals surface area (Å²) in [6, 6.07) is 6.85. The number of fused-ring (bicyclic) bond motifs is 2. The molecule has 2 N–H and O–H groups in total. The second-order valence-corrected chi connectivity index (χ2v) is 11.6. The van der Waals surface area contributed by atoms with Crippen molar-refractivity contribution in [2.24, 2.45) is 5.92 Å². The molecule has 0 bridgehead atoms. The lowest BCUT2D eigenvalue weighted by molar-refractivity contribution is 0.00503. The molecule has 1 aromatic carbocycles. The van der Waals surface area contributed by atoms with Gasteiger partial charge < -0.3 is 24.5 Å². The number of amides is 2. The van der Waals surface area contributed by atoms with Gasteiger partial charge in [-0.3, -0.25) is 9.59 Å². The average Bonchev–Trinajstić information content (AvgIpc) is 3.64. The van der Waals surface area contributed by atoms with Crippen molar-refractivity contribution >= 4 is 28.3 Å². The van der Waals surface area contributed by atoms with Gasteiger partial charge in [0.25, 0.3) is 11.8 Å². The van der Waals surface area contributed by atoms with E-state index in [1.807, 2.05) is 6.92 Å². The van der Waals surface area contributed by atoms with Crippen molar-refractivity contribution in [1.29, 1.82) is 0 Å². The van der Waals surface area contributed by atoms with Crippen LogP contribution in [0, 0.1) is 19.8 Å². The molecule has 6 rings (SSSR count). The molecule has 2 amide bonds. The van der Waals surface area contributed by atoms with E-state index >= 15 is 0 Å². The van der Waals surface area contributed by atoms with Gasteiger partial charge in [-0.2, -0.15) is 5.10 Å². The van der Waals surface area contributed by atoms with Gasteiger partial charge in [-0.15, -0.1) is 0 Å². The normalized spacial score (nSPS) is 22.1. The molecule has 4 heterocycles. The zero-order valence-corrected chi connectivity index (χ0v) is 23.2. The van der Waals surface area contributed by atoms with E-state index in [0.29, 0.717) is 69.8 Å². The van der Waals surface area contributed by atoms with Gasteiger partial charge in [0, 0.05) is 56.2 Å². The van der Waals surface area contributed by atoms with Gasteiger partial charge >= 0.3 is 0 Å². The van der Waals surface area contributed by atoms with E-state index in [1.165, 1.54) is 0 Å². The van der Waals surface area contributed by atoms with E-state index in [2.05, 4.69) is 10.4 Å². The van der Waals surface area contributed by atoms with Crippen LogP contribution in [0.5, 0.6) is 11.5 Å². The standard InChI is InChI=1S/C30H32F2N4O5/c1-17-22(28(38)35-11-9-29(3,39)16-35)15-36-26(17)23(7-10-34-36)41-20-4-5-21-24(12-20)40-18(2)25(21)27(37)33-14-19-6-8-30(31,32)13-19/h4-5,7,10,12,15,19,39H,6,8-9,11,13-14,16H2,1-3H3,(H,33,37)/t19-,29+/m0/s1. The molecule has 1 aliphatic carbocycles. The molecule has 2 fully saturated rings. The van der Waals surface area contributed by atoms with Gasteiger partial charge in [-0.1, -0.05) is 0 Å². The smallest absolute Gasteiger partial charge is 0.255 e. The molecular weight excluding hydrogens is 534 g/mol. The molecule has 4 aromatic rings. The van der Waals surface area contributed by atoms with Gasteiger partial charge in [0.15, 0.2) is 5.75 Å². The van der Waals surface area contributed by atoms with Crippen LogP contribution in [0.15, 0.2) is 41.1 Å². The summed E-state index contributed by atoms with van der Waals surface area (Å²) < 4.78 is 40.7. The van der Waals surface area contributed by atoms with Gasteiger partial charge in [0.05, 0.1) is 22.9 Å². The molecule has 1 saturated heterocycles. The fraction of sp³-hybridized carbons (Fsp3) is 0.433. The Kier molecular flexibility index (Phi) is 6.52. The summed E-state index contributed by atoms with van der Waals surface area (Å²) in [5.74, 6) is -2.07. The van der Waals surface area contributed by atoms with Crippen molar-refractivity contribution in [3.63, 3.8) is 0 Å². The number of hydrogen-bond acceptors (Lipinski definition) is 6. The van der Waals surface area contributed by atoms with Crippen molar-refractivity contribution in [3.05, 3.63) is 59.1 Å². The molecule has 0 spiro atoms. The highest BCUT2D eigenvalue weighted by Gasteiger charge is 2.39. The molecule has 0 unspecified atom stereocenters. The summed E-state index contributed by atoms with van der Waals surface area (Å²) in [6.07, 6.45) is 3.81. The second kappa shape index (κ2) is 9.83. The van der Waals surface area contributed by atoms with Crippen molar-refractivity contribution < 1.29 is 32.6 Å². The van der Waals surface area contributed by atoms with E-state index in [4.69, 9.17) is 9.15 Å². The number of furan rings is 1. The minimum atomic E-state index is -2.66. The van der Waals surface area contributed by atoms with Crippen molar-refractivity contribution in [1.82, 2.24) is 19.8 Å². The van der Waals surface area contributed by atoms with Gasteiger partial charge in [0.2, 0.25) is 5.92 Å². The first-order valence-electron chi connectivity index (χ1n) is 13.8. The molecule has 3 aromatic heterocycles. The Morgan fingerprint density at radius 2 is 2.05 bits per heavy atom. The highest BCUT2D eigenvalue weighted by Crippen LogP contribution is 2.39. The molecule has 1 aliphatic heterocycles. The predicted molar refractivity (Wildman–Crippen MR) is 147 cm³/mol. The topological polar surface area (TPSA) is 109 Å². The number of alkyl halides is 2. The van der Waals surface area contributed by atoms with E-state index in [0.717, 1.165) is 0 Å². The Bertz CT molecular complexity index is 1670. The Morgan fingerprint density at radius 3 is 2.76 bits per heavy atom. The SMILES string of the molecule is Cc1oc2cc(Oc3ccnn4cc(C(=O)N5CC[C@@](C)(O)C5)c(C)c34)ccc2c1C(=O)NC[C@H]1CCC(F)(F)C1. The first kappa shape index (κ1) is 27.2. The average molecular weight is 567 g/mol. The lowest BCUT2D eigenvalue weighted by Gasteiger charge is -2.18. The van der Waals surface area contributed by atoms with Crippen molar-refractivity contribution in [3.8, 4) is 11.5 Å². The first-order valence-corrected chi connectivity index (χ1v) is 13.8. The lowest BCUT2D eigenvalue weighted by Crippen LogP contribution is -2.34. The van der Waals surface area contributed by atoms with Gasteiger partial charge in [-0.05, 0) is 57.2 Å². The number of aromatic nitrogens is 2. The Balaban J connectivity index is 1.22. The van der Waals surface area contributed by atoms with E-state index in [-0.39, 0.29) is 43.7 Å². The lowest BCUT2D eigenvalue weighted by atomic mass is 10.1. The summed E-state index contributed by atoms with van der Waals surface area (Å²) in [5, 5.41) is 18.0. The van der Waals surface area contributed by atoms with Crippen LogP contribution in [0.3, 0.4) is 0 Å². The molecule has 2 aliphatic rings. The van der Waals surface area contributed by atoms with E-state index in [9.17, 15) is 23.5 Å². The van der Waals surface area contributed by atoms with Crippen molar-refractivity contribution in [2.45, 2.75) is 58.0 Å². The third-order valence-corrected chi connectivity index (χ3v) is 8.21. The Hall–Kier alpha value is -3.99. The molecule has 9 nitrogen and oxygen atoms in total. The predicted octanol–water partition coefficient (Wildman–Crippen LogP) is 5.25. The minimum absolute atomic E-state index is 0.143. The number of rotatable bonds is 6. The molecule has 216 valence electrons. The number of carbonyl (C=O) groups excluding carboxylic acids is 2. The number of benzene rings is 1. The summed E-state index contributed by atoms with van der Waals surface area (Å²) >= 11 is 0. The molecule has 1 saturated carbocycles. The number of β-amino-alcohol motifs (C(OH)–C–C–N with tert-alkyl or cyclic N) is 1. The van der Waals surface area contributed by atoms with Crippen LogP contribution in [-0.2, 0) is 0 Å². The molecular formula is C30H32F2N4O5. The number of likely N-dealkylation sites (tertiary alicyclic amines) is 1. The summed E-state index contributed by atoms with van der Waals surface area (Å²) in [7, 11) is 0. The zero-order valence-electron chi connectivity index (χ0n) is 23.2. The van der Waals surface area contributed by atoms with Crippen molar-refractivity contribution in [2.75, 3.05) is 19.6 Å². The highest BCUT2D eigenvalue weighted by molar-refractivity contribution is 6.07. The molecule has 2 atom stereocenters. The number of halogens is 2. The van der Waals surface area contributed by atoms with E-state index < -0.39 is 11.5 Å². The van der Waals surface area contributed by atoms with Gasteiger partial charge in [0.1, 0.15) is 22.6 Å². The van der Waals surface area contributed by atoms with Crippen LogP contribution < -0.4 is 10.1 Å². The second-order valence-electron chi connectivity index (χ2n) is 11.6. The van der Waals surface area contributed by atoms with Crippen LogP contribution in [-0.4, -0.2) is 62.6 Å². The molecule has 0 radical (unpaired) electrons. The minimum Gasteiger partial charge on any atom is -0.460 e.